The van der Waals surface area contributed by atoms with Crippen LogP contribution in [0.3, 0.4) is 0 Å². The van der Waals surface area contributed by atoms with Crippen molar-refractivity contribution in [1.29, 1.82) is 0 Å². The lowest BCUT2D eigenvalue weighted by Gasteiger charge is -2.36. The molecule has 10 heteroatoms. The summed E-state index contributed by atoms with van der Waals surface area (Å²) in [6, 6.07) is 19.4. The maximum atomic E-state index is 13.3. The maximum Gasteiger partial charge on any atom is 0.338 e. The normalized spacial score (nSPS) is 15.0. The molecule has 39 heavy (non-hydrogen) atoms. The van der Waals surface area contributed by atoms with E-state index < -0.39 is 18.0 Å². The second-order valence-electron chi connectivity index (χ2n) is 8.71. The van der Waals surface area contributed by atoms with Gasteiger partial charge < -0.3 is 20.7 Å². The van der Waals surface area contributed by atoms with Crippen LogP contribution in [0.15, 0.2) is 78.4 Å². The first kappa shape index (κ1) is 28.0. The minimum absolute atomic E-state index is 0.189. The van der Waals surface area contributed by atoms with Gasteiger partial charge in [-0.25, -0.2) is 14.4 Å². The minimum atomic E-state index is -0.754. The number of carbonyl (C=O) groups is 3. The zero-order valence-electron chi connectivity index (χ0n) is 21.5. The average molecular weight is 567 g/mol. The predicted molar refractivity (Wildman–Crippen MR) is 154 cm³/mol. The number of hydrogen-bond donors (Lipinski definition) is 3. The highest BCUT2D eigenvalue weighted by atomic mass is 35.5. The first-order chi connectivity index (χ1) is 18.8. The summed E-state index contributed by atoms with van der Waals surface area (Å²) in [5.41, 5.74) is 3.17. The van der Waals surface area contributed by atoms with E-state index in [4.69, 9.17) is 27.9 Å². The van der Waals surface area contributed by atoms with Crippen molar-refractivity contribution in [3.05, 3.63) is 99.5 Å². The number of amides is 4. The third kappa shape index (κ3) is 6.53. The molecular weight excluding hydrogens is 539 g/mol. The number of esters is 1. The average Bonchev–Trinajstić information content (AvgIpc) is 2.92. The van der Waals surface area contributed by atoms with Crippen LogP contribution in [-0.4, -0.2) is 36.1 Å². The van der Waals surface area contributed by atoms with Gasteiger partial charge in [0.05, 0.1) is 34.6 Å². The summed E-state index contributed by atoms with van der Waals surface area (Å²) in [6.07, 6.45) is 0.703. The lowest BCUT2D eigenvalue weighted by molar-refractivity contribution is -0.138. The highest BCUT2D eigenvalue weighted by Crippen LogP contribution is 2.37. The summed E-state index contributed by atoms with van der Waals surface area (Å²) < 4.78 is 5.44. The third-order valence-electron chi connectivity index (χ3n) is 6.00. The molecule has 4 rings (SSSR count). The molecule has 8 nitrogen and oxygen atoms in total. The van der Waals surface area contributed by atoms with E-state index in [1.165, 1.54) is 6.07 Å². The van der Waals surface area contributed by atoms with Gasteiger partial charge in [-0.15, -0.1) is 0 Å². The second kappa shape index (κ2) is 12.7. The van der Waals surface area contributed by atoms with Gasteiger partial charge in [0.1, 0.15) is 0 Å². The summed E-state index contributed by atoms with van der Waals surface area (Å²) in [5.74, 6) is -0.510. The number of rotatable bonds is 8. The van der Waals surface area contributed by atoms with Crippen molar-refractivity contribution in [2.75, 3.05) is 23.8 Å². The molecule has 3 aromatic carbocycles. The Bertz CT molecular complexity index is 1390. The molecule has 0 bridgehead atoms. The van der Waals surface area contributed by atoms with Gasteiger partial charge in [-0.3, -0.25) is 4.90 Å². The van der Waals surface area contributed by atoms with E-state index >= 15 is 0 Å². The first-order valence-electron chi connectivity index (χ1n) is 12.5. The number of urea groups is 2. The second-order valence-corrected chi connectivity index (χ2v) is 9.55. The number of carbonyl (C=O) groups excluding carboxylic acids is 3. The molecule has 0 radical (unpaired) electrons. The van der Waals surface area contributed by atoms with E-state index in [0.717, 1.165) is 5.56 Å². The van der Waals surface area contributed by atoms with Crippen LogP contribution in [0.2, 0.25) is 10.0 Å². The van der Waals surface area contributed by atoms with Crippen LogP contribution >= 0.6 is 23.2 Å². The fraction of sp³-hybridized carbons (Fsp3) is 0.207. The summed E-state index contributed by atoms with van der Waals surface area (Å²) in [5, 5.41) is 9.15. The summed E-state index contributed by atoms with van der Waals surface area (Å²) in [7, 11) is 0. The Labute approximate surface area is 236 Å². The number of halogens is 2. The van der Waals surface area contributed by atoms with Crippen LogP contribution in [0, 0.1) is 0 Å². The molecule has 0 fully saturated rings. The topological polar surface area (TPSA) is 99.8 Å². The van der Waals surface area contributed by atoms with E-state index in [2.05, 4.69) is 16.0 Å². The molecule has 0 aliphatic carbocycles. The van der Waals surface area contributed by atoms with Gasteiger partial charge in [-0.2, -0.15) is 0 Å². The van der Waals surface area contributed by atoms with E-state index in [1.807, 2.05) is 37.3 Å². The Balaban J connectivity index is 1.65. The highest BCUT2D eigenvalue weighted by Gasteiger charge is 2.38. The fourth-order valence-corrected chi connectivity index (χ4v) is 4.77. The minimum Gasteiger partial charge on any atom is -0.463 e. The summed E-state index contributed by atoms with van der Waals surface area (Å²) in [4.78, 5) is 40.7. The van der Waals surface area contributed by atoms with Crippen LogP contribution in [0.1, 0.15) is 37.4 Å². The van der Waals surface area contributed by atoms with Crippen LogP contribution < -0.4 is 16.0 Å². The van der Waals surface area contributed by atoms with E-state index in [9.17, 15) is 14.4 Å². The molecule has 4 amide bonds. The Hall–Kier alpha value is -4.01. The molecule has 1 heterocycles. The van der Waals surface area contributed by atoms with Gasteiger partial charge in [-0.1, -0.05) is 72.6 Å². The lowest BCUT2D eigenvalue weighted by atomic mass is 9.91. The van der Waals surface area contributed by atoms with Crippen molar-refractivity contribution in [1.82, 2.24) is 10.2 Å². The van der Waals surface area contributed by atoms with Crippen LogP contribution in [-0.2, 0) is 9.53 Å². The number of hydrogen-bond acceptors (Lipinski definition) is 4. The van der Waals surface area contributed by atoms with Crippen molar-refractivity contribution in [3.8, 4) is 0 Å². The Kier molecular flexibility index (Phi) is 9.11. The molecule has 1 atom stereocenters. The van der Waals surface area contributed by atoms with Crippen molar-refractivity contribution in [3.63, 3.8) is 0 Å². The number of benzene rings is 3. The SMILES string of the molecule is CCCN1C(=O)NC(c2ccc(NC(=O)Nc3ccc(Cl)cc3Cl)cc2)C(C(=O)OCC)=C1c1ccccc1. The summed E-state index contributed by atoms with van der Waals surface area (Å²) >= 11 is 12.0. The molecule has 0 saturated heterocycles. The van der Waals surface area contributed by atoms with Gasteiger partial charge in [0.25, 0.3) is 0 Å². The van der Waals surface area contributed by atoms with Crippen molar-refractivity contribution >= 4 is 58.3 Å². The molecule has 3 aromatic rings. The Morgan fingerprint density at radius 2 is 1.69 bits per heavy atom. The number of ether oxygens (including phenoxy) is 1. The van der Waals surface area contributed by atoms with Gasteiger partial charge in [0.15, 0.2) is 0 Å². The Morgan fingerprint density at radius 3 is 2.33 bits per heavy atom. The quantitative estimate of drug-likeness (QED) is 0.253. The van der Waals surface area contributed by atoms with Gasteiger partial charge in [0, 0.05) is 17.3 Å². The zero-order chi connectivity index (χ0) is 27.9. The van der Waals surface area contributed by atoms with E-state index in [0.29, 0.717) is 51.2 Å². The van der Waals surface area contributed by atoms with Gasteiger partial charge >= 0.3 is 18.0 Å². The van der Waals surface area contributed by atoms with Gasteiger partial charge in [0.2, 0.25) is 0 Å². The number of nitrogens with one attached hydrogen (secondary N) is 3. The highest BCUT2D eigenvalue weighted by molar-refractivity contribution is 6.36. The number of nitrogens with zero attached hydrogens (tertiary/aromatic N) is 1. The summed E-state index contributed by atoms with van der Waals surface area (Å²) in [6.45, 7) is 4.33. The van der Waals surface area contributed by atoms with Crippen LogP contribution in [0.5, 0.6) is 0 Å². The third-order valence-corrected chi connectivity index (χ3v) is 6.55. The van der Waals surface area contributed by atoms with Gasteiger partial charge in [-0.05, 0) is 54.8 Å². The lowest BCUT2D eigenvalue weighted by Crippen LogP contribution is -2.48. The van der Waals surface area contributed by atoms with Crippen LogP contribution in [0.4, 0.5) is 21.0 Å². The molecule has 0 spiro atoms. The standard InChI is InChI=1S/C29H28Cl2N4O4/c1-3-16-35-26(19-8-6-5-7-9-19)24(27(36)39-4-2)25(34-29(35)38)18-10-13-21(14-11-18)32-28(37)33-23-15-12-20(30)17-22(23)31/h5-15,17,25H,3-4,16H2,1-2H3,(H,34,38)(H2,32,33,37). The molecule has 1 unspecified atom stereocenters. The number of anilines is 2. The maximum absolute atomic E-state index is 13.3. The van der Waals surface area contributed by atoms with Crippen molar-refractivity contribution < 1.29 is 19.1 Å². The van der Waals surface area contributed by atoms with Crippen molar-refractivity contribution in [2.45, 2.75) is 26.3 Å². The Morgan fingerprint density at radius 1 is 0.974 bits per heavy atom. The molecule has 202 valence electrons. The smallest absolute Gasteiger partial charge is 0.338 e. The monoisotopic (exact) mass is 566 g/mol. The van der Waals surface area contributed by atoms with Crippen molar-refractivity contribution in [2.24, 2.45) is 0 Å². The largest absolute Gasteiger partial charge is 0.463 e. The molecule has 1 aliphatic heterocycles. The first-order valence-corrected chi connectivity index (χ1v) is 13.3. The zero-order valence-corrected chi connectivity index (χ0v) is 23.0. The molecule has 0 aromatic heterocycles. The van der Waals surface area contributed by atoms with E-state index in [1.54, 1.807) is 48.2 Å². The molecule has 1 aliphatic rings. The molecule has 3 N–H and O–H groups in total. The van der Waals surface area contributed by atoms with Crippen LogP contribution in [0.25, 0.3) is 5.70 Å². The fourth-order valence-electron chi connectivity index (χ4n) is 4.31. The molecular formula is C29H28Cl2N4O4. The predicted octanol–water partition coefficient (Wildman–Crippen LogP) is 7.09. The molecule has 0 saturated carbocycles. The van der Waals surface area contributed by atoms with E-state index in [-0.39, 0.29) is 12.6 Å².